The predicted octanol–water partition coefficient (Wildman–Crippen LogP) is -0.208. The van der Waals surface area contributed by atoms with Gasteiger partial charge in [0.15, 0.2) is 0 Å². The molecule has 0 aromatic heterocycles. The van der Waals surface area contributed by atoms with Gasteiger partial charge in [-0.1, -0.05) is 0 Å². The van der Waals surface area contributed by atoms with Crippen molar-refractivity contribution < 1.29 is 14.7 Å². The molecule has 3 N–H and O–H groups in total. The lowest BCUT2D eigenvalue weighted by molar-refractivity contribution is -0.138. The predicted molar refractivity (Wildman–Crippen MR) is 56.6 cm³/mol. The van der Waals surface area contributed by atoms with E-state index in [2.05, 4.69) is 0 Å². The summed E-state index contributed by atoms with van der Waals surface area (Å²) in [5.74, 6) is -0.932. The number of amides is 2. The number of nitrogens with zero attached hydrogens (tertiary/aromatic N) is 2. The molecule has 0 heterocycles. The molecule has 0 aliphatic rings. The zero-order valence-corrected chi connectivity index (χ0v) is 9.43. The van der Waals surface area contributed by atoms with Crippen LogP contribution in [0.5, 0.6) is 0 Å². The minimum atomic E-state index is -0.932. The molecule has 0 radical (unpaired) electrons. The topological polar surface area (TPSA) is 86.9 Å². The largest absolute Gasteiger partial charge is 0.481 e. The summed E-state index contributed by atoms with van der Waals surface area (Å²) in [6.45, 7) is 2.78. The van der Waals surface area contributed by atoms with E-state index in [0.29, 0.717) is 13.1 Å². The number of urea groups is 1. The molecule has 2 amide bonds. The third kappa shape index (κ3) is 5.90. The Morgan fingerprint density at radius 1 is 1.33 bits per heavy atom. The molecule has 0 fully saturated rings. The Bertz CT molecular complexity index is 231. The van der Waals surface area contributed by atoms with Gasteiger partial charge in [0.1, 0.15) is 0 Å². The van der Waals surface area contributed by atoms with Gasteiger partial charge < -0.3 is 20.6 Å². The van der Waals surface area contributed by atoms with E-state index in [1.54, 1.807) is 6.92 Å². The first-order valence-electron chi connectivity index (χ1n) is 4.77. The molecule has 1 atom stereocenters. The van der Waals surface area contributed by atoms with Gasteiger partial charge in [0.05, 0.1) is 6.42 Å². The SMILES string of the molecule is CC(CC(=O)O)N(CCN(C)C)C(N)=O. The highest BCUT2D eigenvalue weighted by molar-refractivity contribution is 5.74. The van der Waals surface area contributed by atoms with Gasteiger partial charge in [-0.25, -0.2) is 4.79 Å². The fourth-order valence-corrected chi connectivity index (χ4v) is 1.22. The summed E-state index contributed by atoms with van der Waals surface area (Å²) in [5, 5.41) is 8.60. The van der Waals surface area contributed by atoms with E-state index in [1.807, 2.05) is 19.0 Å². The van der Waals surface area contributed by atoms with Gasteiger partial charge in [0.2, 0.25) is 0 Å². The number of carbonyl (C=O) groups excluding carboxylic acids is 1. The van der Waals surface area contributed by atoms with Crippen LogP contribution in [0.2, 0.25) is 0 Å². The first-order chi connectivity index (χ1) is 6.84. The molecule has 0 aromatic rings. The van der Waals surface area contributed by atoms with Crippen molar-refractivity contribution >= 4 is 12.0 Å². The third-order valence-electron chi connectivity index (χ3n) is 2.07. The number of nitrogens with two attached hydrogens (primary N) is 1. The first kappa shape index (κ1) is 13.7. The van der Waals surface area contributed by atoms with Crippen LogP contribution in [0.25, 0.3) is 0 Å². The summed E-state index contributed by atoms with van der Waals surface area (Å²) in [6.07, 6.45) is -0.0869. The fraction of sp³-hybridized carbons (Fsp3) is 0.778. The Morgan fingerprint density at radius 2 is 1.87 bits per heavy atom. The zero-order chi connectivity index (χ0) is 12.0. The number of likely N-dealkylation sites (N-methyl/N-ethyl adjacent to an activating group) is 1. The summed E-state index contributed by atoms with van der Waals surface area (Å²) in [6, 6.07) is -0.953. The molecule has 0 saturated carbocycles. The molecule has 0 aromatic carbocycles. The van der Waals surface area contributed by atoms with E-state index >= 15 is 0 Å². The summed E-state index contributed by atoms with van der Waals surface area (Å²) < 4.78 is 0. The quantitative estimate of drug-likeness (QED) is 0.644. The Hall–Kier alpha value is -1.30. The Labute approximate surface area is 89.6 Å². The minimum absolute atomic E-state index is 0.0869. The minimum Gasteiger partial charge on any atom is -0.481 e. The molecular weight excluding hydrogens is 198 g/mol. The summed E-state index contributed by atoms with van der Waals surface area (Å²) >= 11 is 0. The number of hydrogen-bond acceptors (Lipinski definition) is 3. The van der Waals surface area contributed by atoms with Crippen LogP contribution in [0, 0.1) is 0 Å². The van der Waals surface area contributed by atoms with E-state index in [4.69, 9.17) is 10.8 Å². The van der Waals surface area contributed by atoms with Gasteiger partial charge in [0.25, 0.3) is 0 Å². The molecule has 0 aliphatic heterocycles. The number of rotatable bonds is 6. The second-order valence-corrected chi connectivity index (χ2v) is 3.78. The second kappa shape index (κ2) is 6.23. The number of primary amides is 1. The average molecular weight is 217 g/mol. The summed E-state index contributed by atoms with van der Waals surface area (Å²) in [4.78, 5) is 24.8. The van der Waals surface area contributed by atoms with E-state index < -0.39 is 12.0 Å². The molecule has 15 heavy (non-hydrogen) atoms. The van der Waals surface area contributed by atoms with E-state index in [-0.39, 0.29) is 12.5 Å². The Balaban J connectivity index is 4.25. The molecule has 6 heteroatoms. The van der Waals surface area contributed by atoms with E-state index in [9.17, 15) is 9.59 Å². The molecule has 0 aliphatic carbocycles. The maximum Gasteiger partial charge on any atom is 0.315 e. The van der Waals surface area contributed by atoms with Crippen LogP contribution in [0.4, 0.5) is 4.79 Å². The lowest BCUT2D eigenvalue weighted by Gasteiger charge is -2.27. The lowest BCUT2D eigenvalue weighted by Crippen LogP contribution is -2.46. The Morgan fingerprint density at radius 3 is 2.20 bits per heavy atom. The van der Waals surface area contributed by atoms with Crippen molar-refractivity contribution in [2.24, 2.45) is 5.73 Å². The van der Waals surface area contributed by atoms with Gasteiger partial charge >= 0.3 is 12.0 Å². The smallest absolute Gasteiger partial charge is 0.315 e. The van der Waals surface area contributed by atoms with Crippen molar-refractivity contribution in [2.45, 2.75) is 19.4 Å². The average Bonchev–Trinajstić information content (AvgIpc) is 2.01. The van der Waals surface area contributed by atoms with Crippen molar-refractivity contribution in [3.63, 3.8) is 0 Å². The first-order valence-corrected chi connectivity index (χ1v) is 4.77. The molecule has 0 bridgehead atoms. The monoisotopic (exact) mass is 217 g/mol. The summed E-state index contributed by atoms with van der Waals surface area (Å²) in [5.41, 5.74) is 5.18. The van der Waals surface area contributed by atoms with Gasteiger partial charge in [-0.3, -0.25) is 4.79 Å². The number of carbonyl (C=O) groups is 2. The van der Waals surface area contributed by atoms with Crippen molar-refractivity contribution in [3.05, 3.63) is 0 Å². The van der Waals surface area contributed by atoms with Crippen molar-refractivity contribution in [2.75, 3.05) is 27.2 Å². The lowest BCUT2D eigenvalue weighted by atomic mass is 10.2. The highest BCUT2D eigenvalue weighted by Gasteiger charge is 2.19. The summed E-state index contributed by atoms with van der Waals surface area (Å²) in [7, 11) is 3.75. The maximum absolute atomic E-state index is 11.1. The highest BCUT2D eigenvalue weighted by atomic mass is 16.4. The molecule has 0 saturated heterocycles. The molecule has 6 nitrogen and oxygen atoms in total. The fourth-order valence-electron chi connectivity index (χ4n) is 1.22. The van der Waals surface area contributed by atoms with E-state index in [1.165, 1.54) is 4.90 Å². The number of carboxylic acids is 1. The molecule has 0 rings (SSSR count). The molecule has 0 spiro atoms. The number of hydrogen-bond donors (Lipinski definition) is 2. The highest BCUT2D eigenvalue weighted by Crippen LogP contribution is 2.03. The van der Waals surface area contributed by atoms with Crippen LogP contribution >= 0.6 is 0 Å². The van der Waals surface area contributed by atoms with Crippen LogP contribution in [0.1, 0.15) is 13.3 Å². The molecule has 88 valence electrons. The zero-order valence-electron chi connectivity index (χ0n) is 9.43. The van der Waals surface area contributed by atoms with Crippen molar-refractivity contribution in [1.82, 2.24) is 9.80 Å². The van der Waals surface area contributed by atoms with Gasteiger partial charge in [-0.15, -0.1) is 0 Å². The van der Waals surface area contributed by atoms with Crippen LogP contribution < -0.4 is 5.73 Å². The third-order valence-corrected chi connectivity index (χ3v) is 2.07. The van der Waals surface area contributed by atoms with Crippen molar-refractivity contribution in [3.8, 4) is 0 Å². The number of aliphatic carboxylic acids is 1. The Kier molecular flexibility index (Phi) is 5.69. The van der Waals surface area contributed by atoms with Gasteiger partial charge in [-0.2, -0.15) is 0 Å². The standard InChI is InChI=1S/C9H19N3O3/c1-7(6-8(13)14)12(9(10)15)5-4-11(2)3/h7H,4-6H2,1-3H3,(H2,10,15)(H,13,14). The van der Waals surface area contributed by atoms with E-state index in [0.717, 1.165) is 0 Å². The van der Waals surface area contributed by atoms with Gasteiger partial charge in [0, 0.05) is 19.1 Å². The normalized spacial score (nSPS) is 12.5. The van der Waals surface area contributed by atoms with Crippen molar-refractivity contribution in [1.29, 1.82) is 0 Å². The molecular formula is C9H19N3O3. The molecule has 1 unspecified atom stereocenters. The van der Waals surface area contributed by atoms with Gasteiger partial charge in [-0.05, 0) is 21.0 Å². The maximum atomic E-state index is 11.1. The second-order valence-electron chi connectivity index (χ2n) is 3.78. The van der Waals surface area contributed by atoms with Crippen LogP contribution in [0.15, 0.2) is 0 Å². The van der Waals surface area contributed by atoms with Crippen LogP contribution in [0.3, 0.4) is 0 Å². The van der Waals surface area contributed by atoms with Crippen LogP contribution in [-0.4, -0.2) is 60.1 Å². The number of carboxylic acid groups (broad SMARTS) is 1. The van der Waals surface area contributed by atoms with Crippen LogP contribution in [-0.2, 0) is 4.79 Å².